The number of para-hydroxylation sites is 1. The molecule has 0 saturated carbocycles. The van der Waals surface area contributed by atoms with Crippen molar-refractivity contribution in [3.8, 4) is 11.5 Å². The molecular weight excluding hydrogens is 368 g/mol. The molecule has 1 amide bonds. The van der Waals surface area contributed by atoms with E-state index in [1.165, 1.54) is 0 Å². The molecule has 150 valence electrons. The number of nitrogens with one attached hydrogen (secondary N) is 2. The van der Waals surface area contributed by atoms with Gasteiger partial charge in [-0.1, -0.05) is 25.1 Å². The van der Waals surface area contributed by atoms with Gasteiger partial charge in [-0.05, 0) is 44.0 Å². The van der Waals surface area contributed by atoms with Crippen molar-refractivity contribution in [2.75, 3.05) is 11.9 Å². The SMILES string of the molecule is CCc1cc(=O)[nH]c2cc(NC(=O)COc3cccc4c3OC(C)(C)C4)ccc12. The number of hydrogen-bond acceptors (Lipinski definition) is 4. The summed E-state index contributed by atoms with van der Waals surface area (Å²) in [7, 11) is 0. The van der Waals surface area contributed by atoms with Gasteiger partial charge in [0, 0.05) is 29.1 Å². The summed E-state index contributed by atoms with van der Waals surface area (Å²) in [6.07, 6.45) is 1.57. The average Bonchev–Trinajstić information content (AvgIpc) is 2.99. The lowest BCUT2D eigenvalue weighted by Gasteiger charge is -2.18. The van der Waals surface area contributed by atoms with E-state index in [0.717, 1.165) is 29.4 Å². The molecule has 1 aromatic heterocycles. The third kappa shape index (κ3) is 3.97. The molecule has 6 nitrogen and oxygen atoms in total. The molecule has 0 fully saturated rings. The molecule has 0 unspecified atom stereocenters. The summed E-state index contributed by atoms with van der Waals surface area (Å²) in [6, 6.07) is 12.8. The third-order valence-electron chi connectivity index (χ3n) is 5.01. The Labute approximate surface area is 168 Å². The number of rotatable bonds is 5. The Balaban J connectivity index is 1.46. The van der Waals surface area contributed by atoms with Crippen LogP contribution in [0.3, 0.4) is 0 Å². The summed E-state index contributed by atoms with van der Waals surface area (Å²) in [5.41, 5.74) is 2.94. The van der Waals surface area contributed by atoms with E-state index in [0.29, 0.717) is 22.7 Å². The summed E-state index contributed by atoms with van der Waals surface area (Å²) in [4.78, 5) is 27.0. The summed E-state index contributed by atoms with van der Waals surface area (Å²) in [5.74, 6) is 0.993. The minimum absolute atomic E-state index is 0.135. The summed E-state index contributed by atoms with van der Waals surface area (Å²) in [6.45, 7) is 5.92. The quantitative estimate of drug-likeness (QED) is 0.692. The van der Waals surface area contributed by atoms with Gasteiger partial charge in [0.25, 0.3) is 5.91 Å². The van der Waals surface area contributed by atoms with E-state index in [2.05, 4.69) is 10.3 Å². The van der Waals surface area contributed by atoms with Gasteiger partial charge in [0.15, 0.2) is 18.1 Å². The maximum absolute atomic E-state index is 12.4. The molecule has 2 aromatic carbocycles. The van der Waals surface area contributed by atoms with Crippen LogP contribution in [0.2, 0.25) is 0 Å². The van der Waals surface area contributed by atoms with E-state index in [-0.39, 0.29) is 23.7 Å². The van der Waals surface area contributed by atoms with Crippen molar-refractivity contribution in [3.05, 3.63) is 63.9 Å². The number of aromatic nitrogens is 1. The lowest BCUT2D eigenvalue weighted by atomic mass is 10.0. The zero-order chi connectivity index (χ0) is 20.6. The number of pyridine rings is 1. The van der Waals surface area contributed by atoms with E-state index in [1.807, 2.05) is 45.0 Å². The molecule has 0 bridgehead atoms. The van der Waals surface area contributed by atoms with Crippen LogP contribution >= 0.6 is 0 Å². The number of benzene rings is 2. The number of hydrogen-bond donors (Lipinski definition) is 2. The van der Waals surface area contributed by atoms with Crippen molar-refractivity contribution in [1.82, 2.24) is 4.98 Å². The van der Waals surface area contributed by atoms with Crippen molar-refractivity contribution in [2.24, 2.45) is 0 Å². The van der Waals surface area contributed by atoms with E-state index in [1.54, 1.807) is 18.2 Å². The fraction of sp³-hybridized carbons (Fsp3) is 0.304. The highest BCUT2D eigenvalue weighted by molar-refractivity contribution is 5.94. The number of amides is 1. The predicted molar refractivity (Wildman–Crippen MR) is 113 cm³/mol. The van der Waals surface area contributed by atoms with Crippen molar-refractivity contribution in [1.29, 1.82) is 0 Å². The monoisotopic (exact) mass is 392 g/mol. The van der Waals surface area contributed by atoms with Gasteiger partial charge >= 0.3 is 0 Å². The van der Waals surface area contributed by atoms with Crippen LogP contribution in [0, 0.1) is 0 Å². The van der Waals surface area contributed by atoms with E-state index in [4.69, 9.17) is 9.47 Å². The van der Waals surface area contributed by atoms with Gasteiger partial charge in [-0.2, -0.15) is 0 Å². The smallest absolute Gasteiger partial charge is 0.262 e. The van der Waals surface area contributed by atoms with Crippen LogP contribution in [0.15, 0.2) is 47.3 Å². The van der Waals surface area contributed by atoms with Gasteiger partial charge in [-0.25, -0.2) is 0 Å². The Morgan fingerprint density at radius 2 is 2.07 bits per heavy atom. The Morgan fingerprint density at radius 1 is 1.24 bits per heavy atom. The lowest BCUT2D eigenvalue weighted by Crippen LogP contribution is -2.25. The molecule has 2 N–H and O–H groups in total. The minimum atomic E-state index is -0.284. The first kappa shape index (κ1) is 19.1. The van der Waals surface area contributed by atoms with Crippen LogP contribution in [0.1, 0.15) is 31.9 Å². The second-order valence-corrected chi connectivity index (χ2v) is 7.89. The molecule has 1 aliphatic rings. The van der Waals surface area contributed by atoms with Gasteiger partial charge in [0.2, 0.25) is 5.56 Å². The number of anilines is 1. The number of aryl methyl sites for hydroxylation is 1. The van der Waals surface area contributed by atoms with Crippen molar-refractivity contribution >= 4 is 22.5 Å². The summed E-state index contributed by atoms with van der Waals surface area (Å²) in [5, 5.41) is 3.79. The number of aromatic amines is 1. The van der Waals surface area contributed by atoms with Crippen molar-refractivity contribution < 1.29 is 14.3 Å². The molecule has 29 heavy (non-hydrogen) atoms. The van der Waals surface area contributed by atoms with E-state index >= 15 is 0 Å². The lowest BCUT2D eigenvalue weighted by molar-refractivity contribution is -0.118. The maximum atomic E-state index is 12.4. The number of ether oxygens (including phenoxy) is 2. The standard InChI is InChI=1S/C23H24N2O4/c1-4-14-10-20(26)25-18-11-16(8-9-17(14)18)24-21(27)13-28-19-7-5-6-15-12-23(2,3)29-22(15)19/h5-11H,4,12-13H2,1-3H3,(H,24,27)(H,25,26). The fourth-order valence-corrected chi connectivity index (χ4v) is 3.74. The van der Waals surface area contributed by atoms with Crippen molar-refractivity contribution in [2.45, 2.75) is 39.2 Å². The van der Waals surface area contributed by atoms with Gasteiger partial charge in [-0.3, -0.25) is 9.59 Å². The first-order valence-corrected chi connectivity index (χ1v) is 9.74. The second kappa shape index (κ2) is 7.28. The molecule has 1 aliphatic heterocycles. The molecule has 2 heterocycles. The Kier molecular flexibility index (Phi) is 4.78. The van der Waals surface area contributed by atoms with E-state index in [9.17, 15) is 9.59 Å². The van der Waals surface area contributed by atoms with Crippen LogP contribution in [-0.4, -0.2) is 23.1 Å². The Morgan fingerprint density at radius 3 is 2.86 bits per heavy atom. The molecule has 0 aliphatic carbocycles. The molecule has 3 aromatic rings. The van der Waals surface area contributed by atoms with Crippen LogP contribution in [-0.2, 0) is 17.6 Å². The van der Waals surface area contributed by atoms with Gasteiger partial charge < -0.3 is 19.8 Å². The largest absolute Gasteiger partial charge is 0.483 e. The van der Waals surface area contributed by atoms with Crippen LogP contribution < -0.4 is 20.3 Å². The highest BCUT2D eigenvalue weighted by Gasteiger charge is 2.32. The summed E-state index contributed by atoms with van der Waals surface area (Å²) >= 11 is 0. The molecule has 0 atom stereocenters. The van der Waals surface area contributed by atoms with Gasteiger partial charge in [0.05, 0.1) is 5.52 Å². The number of fused-ring (bicyclic) bond motifs is 2. The van der Waals surface area contributed by atoms with Crippen LogP contribution in [0.5, 0.6) is 11.5 Å². The first-order valence-electron chi connectivity index (χ1n) is 9.74. The minimum Gasteiger partial charge on any atom is -0.483 e. The Bertz CT molecular complexity index is 1150. The third-order valence-corrected chi connectivity index (χ3v) is 5.01. The molecule has 6 heteroatoms. The molecule has 4 rings (SSSR count). The fourth-order valence-electron chi connectivity index (χ4n) is 3.74. The zero-order valence-electron chi connectivity index (χ0n) is 16.8. The predicted octanol–water partition coefficient (Wildman–Crippen LogP) is 3.82. The van der Waals surface area contributed by atoms with Gasteiger partial charge in [0.1, 0.15) is 5.60 Å². The second-order valence-electron chi connectivity index (χ2n) is 7.89. The normalized spacial score (nSPS) is 14.3. The molecule has 0 saturated heterocycles. The highest BCUT2D eigenvalue weighted by Crippen LogP contribution is 2.41. The Hall–Kier alpha value is -3.28. The summed E-state index contributed by atoms with van der Waals surface area (Å²) < 4.78 is 11.7. The number of carbonyl (C=O) groups is 1. The number of H-pyrrole nitrogens is 1. The highest BCUT2D eigenvalue weighted by atomic mass is 16.5. The topological polar surface area (TPSA) is 80.4 Å². The van der Waals surface area contributed by atoms with Crippen LogP contribution in [0.4, 0.5) is 5.69 Å². The van der Waals surface area contributed by atoms with Gasteiger partial charge in [-0.15, -0.1) is 0 Å². The molecule has 0 spiro atoms. The van der Waals surface area contributed by atoms with E-state index < -0.39 is 0 Å². The first-order chi connectivity index (χ1) is 13.8. The number of carbonyl (C=O) groups excluding carboxylic acids is 1. The molecule has 0 radical (unpaired) electrons. The van der Waals surface area contributed by atoms with Crippen molar-refractivity contribution in [3.63, 3.8) is 0 Å². The zero-order valence-corrected chi connectivity index (χ0v) is 16.8. The van der Waals surface area contributed by atoms with Crippen LogP contribution in [0.25, 0.3) is 10.9 Å². The molecular formula is C23H24N2O4. The average molecular weight is 392 g/mol. The maximum Gasteiger partial charge on any atom is 0.262 e.